The van der Waals surface area contributed by atoms with Crippen molar-refractivity contribution in [1.29, 1.82) is 0 Å². The minimum absolute atomic E-state index is 0.0196. The van der Waals surface area contributed by atoms with Gasteiger partial charge in [-0.05, 0) is 30.2 Å². The van der Waals surface area contributed by atoms with Crippen molar-refractivity contribution in [3.8, 4) is 5.75 Å². The predicted octanol–water partition coefficient (Wildman–Crippen LogP) is 0.762. The first-order chi connectivity index (χ1) is 14.3. The maximum absolute atomic E-state index is 13.3. The van der Waals surface area contributed by atoms with Crippen molar-refractivity contribution in [3.05, 3.63) is 70.8 Å². The lowest BCUT2D eigenvalue weighted by molar-refractivity contribution is -0.858. The van der Waals surface area contributed by atoms with E-state index in [1.54, 1.807) is 36.3 Å². The summed E-state index contributed by atoms with van der Waals surface area (Å²) in [5.74, 6) is -1.11. The first kappa shape index (κ1) is 21.6. The van der Waals surface area contributed by atoms with Gasteiger partial charge < -0.3 is 19.6 Å². The molecule has 1 aliphatic heterocycles. The molecule has 1 amide bonds. The minimum atomic E-state index is -0.710. The van der Waals surface area contributed by atoms with Crippen LogP contribution in [0.25, 0.3) is 5.76 Å². The average molecular weight is 408 g/mol. The highest BCUT2D eigenvalue weighted by atomic mass is 16.5. The van der Waals surface area contributed by atoms with Crippen LogP contribution in [0.3, 0.4) is 0 Å². The molecule has 0 bridgehead atoms. The van der Waals surface area contributed by atoms with Crippen LogP contribution in [0.15, 0.2) is 54.1 Å². The molecule has 0 spiro atoms. The van der Waals surface area contributed by atoms with Crippen LogP contribution in [0.4, 0.5) is 0 Å². The summed E-state index contributed by atoms with van der Waals surface area (Å²) in [5.41, 5.74) is 2.23. The monoisotopic (exact) mass is 408 g/mol. The highest BCUT2D eigenvalue weighted by molar-refractivity contribution is 6.46. The molecule has 1 heterocycles. The number of ether oxygens (including phenoxy) is 1. The molecule has 30 heavy (non-hydrogen) atoms. The van der Waals surface area contributed by atoms with Gasteiger partial charge in [0.2, 0.25) is 5.78 Å². The van der Waals surface area contributed by atoms with Crippen LogP contribution in [0.2, 0.25) is 0 Å². The minimum Gasteiger partial charge on any atom is -0.872 e. The summed E-state index contributed by atoms with van der Waals surface area (Å²) in [6.07, 6.45) is 0.744. The molecule has 0 aromatic heterocycles. The van der Waals surface area contributed by atoms with Crippen molar-refractivity contribution < 1.29 is 24.3 Å². The summed E-state index contributed by atoms with van der Waals surface area (Å²) in [7, 11) is 5.63. The lowest BCUT2D eigenvalue weighted by atomic mass is 9.94. The van der Waals surface area contributed by atoms with Crippen molar-refractivity contribution in [2.45, 2.75) is 19.4 Å². The number of aryl methyl sites for hydroxylation is 1. The Morgan fingerprint density at radius 1 is 1.07 bits per heavy atom. The zero-order chi connectivity index (χ0) is 21.8. The van der Waals surface area contributed by atoms with Gasteiger partial charge in [0.15, 0.2) is 0 Å². The molecule has 1 N–H and O–H groups in total. The van der Waals surface area contributed by atoms with E-state index in [0.717, 1.165) is 24.1 Å². The van der Waals surface area contributed by atoms with Crippen LogP contribution in [-0.2, 0) is 9.59 Å². The quantitative estimate of drug-likeness (QED) is 0.417. The van der Waals surface area contributed by atoms with Gasteiger partial charge in [0, 0.05) is 18.5 Å². The van der Waals surface area contributed by atoms with Gasteiger partial charge in [0.25, 0.3) is 5.91 Å². The van der Waals surface area contributed by atoms with Gasteiger partial charge >= 0.3 is 0 Å². The van der Waals surface area contributed by atoms with Crippen molar-refractivity contribution in [2.75, 3.05) is 34.3 Å². The SMILES string of the molecule is COc1ccc(/C([O-])=C2\C(=O)C(=O)N(CCC[NH+](C)C)C2c2ccc(C)cc2)cc1. The summed E-state index contributed by atoms with van der Waals surface area (Å²) < 4.78 is 5.15. The van der Waals surface area contributed by atoms with Gasteiger partial charge in [-0.3, -0.25) is 9.59 Å². The van der Waals surface area contributed by atoms with Crippen molar-refractivity contribution in [1.82, 2.24) is 4.90 Å². The van der Waals surface area contributed by atoms with Crippen LogP contribution in [0, 0.1) is 6.92 Å². The molecule has 0 aliphatic carbocycles. The van der Waals surface area contributed by atoms with E-state index in [4.69, 9.17) is 4.74 Å². The number of likely N-dealkylation sites (tertiary alicyclic amines) is 1. The Labute approximate surface area is 177 Å². The second kappa shape index (κ2) is 9.13. The van der Waals surface area contributed by atoms with E-state index in [1.165, 1.54) is 4.90 Å². The van der Waals surface area contributed by atoms with Gasteiger partial charge in [-0.25, -0.2) is 0 Å². The third-order valence-corrected chi connectivity index (χ3v) is 5.35. The average Bonchev–Trinajstić information content (AvgIpc) is 2.98. The highest BCUT2D eigenvalue weighted by Crippen LogP contribution is 2.38. The van der Waals surface area contributed by atoms with Crippen LogP contribution < -0.4 is 14.7 Å². The van der Waals surface area contributed by atoms with Crippen molar-refractivity contribution >= 4 is 17.4 Å². The summed E-state index contributed by atoms with van der Waals surface area (Å²) in [6, 6.07) is 13.6. The molecule has 1 unspecified atom stereocenters. The van der Waals surface area contributed by atoms with E-state index in [2.05, 4.69) is 0 Å². The number of methoxy groups -OCH3 is 1. The van der Waals surface area contributed by atoms with E-state index in [9.17, 15) is 14.7 Å². The second-order valence-corrected chi connectivity index (χ2v) is 7.92. The Morgan fingerprint density at radius 2 is 1.70 bits per heavy atom. The summed E-state index contributed by atoms with van der Waals surface area (Å²) in [6.45, 7) is 3.26. The molecule has 1 fully saturated rings. The Balaban J connectivity index is 2.06. The van der Waals surface area contributed by atoms with Crippen LogP contribution >= 0.6 is 0 Å². The number of nitrogens with one attached hydrogen (secondary N) is 1. The van der Waals surface area contributed by atoms with Gasteiger partial charge in [-0.15, -0.1) is 0 Å². The number of ketones is 1. The smallest absolute Gasteiger partial charge is 0.295 e. The fraction of sp³-hybridized carbons (Fsp3) is 0.333. The largest absolute Gasteiger partial charge is 0.872 e. The first-order valence-corrected chi connectivity index (χ1v) is 10.1. The fourth-order valence-electron chi connectivity index (χ4n) is 3.70. The maximum atomic E-state index is 13.3. The zero-order valence-electron chi connectivity index (χ0n) is 17.9. The van der Waals surface area contributed by atoms with E-state index in [1.807, 2.05) is 45.3 Å². The summed E-state index contributed by atoms with van der Waals surface area (Å²) in [4.78, 5) is 28.6. The molecule has 2 aromatic rings. The van der Waals surface area contributed by atoms with E-state index in [0.29, 0.717) is 17.9 Å². The number of carbonyl (C=O) groups is 2. The van der Waals surface area contributed by atoms with Crippen LogP contribution in [-0.4, -0.2) is 50.9 Å². The number of benzene rings is 2. The molecule has 0 radical (unpaired) electrons. The van der Waals surface area contributed by atoms with Gasteiger partial charge in [-0.1, -0.05) is 47.7 Å². The van der Waals surface area contributed by atoms with Crippen molar-refractivity contribution in [2.24, 2.45) is 0 Å². The van der Waals surface area contributed by atoms with E-state index in [-0.39, 0.29) is 5.57 Å². The molecule has 2 aromatic carbocycles. The number of carbonyl (C=O) groups excluding carboxylic acids is 2. The molecular weight excluding hydrogens is 380 g/mol. The third kappa shape index (κ3) is 4.39. The molecule has 1 aliphatic rings. The van der Waals surface area contributed by atoms with Crippen LogP contribution in [0.5, 0.6) is 5.75 Å². The molecule has 158 valence electrons. The van der Waals surface area contributed by atoms with Crippen LogP contribution in [0.1, 0.15) is 29.2 Å². The standard InChI is InChI=1S/C24H28N2O4/c1-16-6-8-17(9-7-16)21-20(22(27)18-10-12-19(30-4)13-11-18)23(28)24(29)26(21)15-5-14-25(2)3/h6-13,21,27H,5,14-15H2,1-4H3/b22-20+. The summed E-state index contributed by atoms with van der Waals surface area (Å²) >= 11 is 0. The predicted molar refractivity (Wildman–Crippen MR) is 113 cm³/mol. The molecule has 0 saturated carbocycles. The third-order valence-electron chi connectivity index (χ3n) is 5.35. The first-order valence-electron chi connectivity index (χ1n) is 10.1. The topological polar surface area (TPSA) is 74.1 Å². The number of Topliss-reactive ketones (excluding diaryl/α,β-unsaturated/α-hetero) is 1. The molecule has 1 atom stereocenters. The lowest BCUT2D eigenvalue weighted by Crippen LogP contribution is -3.05. The molecule has 6 nitrogen and oxygen atoms in total. The second-order valence-electron chi connectivity index (χ2n) is 7.92. The maximum Gasteiger partial charge on any atom is 0.295 e. The summed E-state index contributed by atoms with van der Waals surface area (Å²) in [5, 5.41) is 13.3. The molecule has 3 rings (SSSR count). The Morgan fingerprint density at radius 3 is 2.27 bits per heavy atom. The van der Waals surface area contributed by atoms with E-state index < -0.39 is 23.5 Å². The Hall–Kier alpha value is -3.12. The normalized spacial score (nSPS) is 18.3. The molecule has 1 saturated heterocycles. The Bertz CT molecular complexity index is 946. The number of amides is 1. The molecular formula is C24H28N2O4. The number of quaternary nitrogens is 1. The lowest BCUT2D eigenvalue weighted by Gasteiger charge is -2.27. The van der Waals surface area contributed by atoms with Crippen molar-refractivity contribution in [3.63, 3.8) is 0 Å². The number of nitrogens with zero attached hydrogens (tertiary/aromatic N) is 1. The van der Waals surface area contributed by atoms with Gasteiger partial charge in [-0.2, -0.15) is 0 Å². The number of hydrogen-bond donors (Lipinski definition) is 1. The molecule has 6 heteroatoms. The number of hydrogen-bond acceptors (Lipinski definition) is 4. The van der Waals surface area contributed by atoms with Gasteiger partial charge in [0.1, 0.15) is 5.75 Å². The zero-order valence-corrected chi connectivity index (χ0v) is 17.9. The van der Waals surface area contributed by atoms with Gasteiger partial charge in [0.05, 0.1) is 33.8 Å². The van der Waals surface area contributed by atoms with E-state index >= 15 is 0 Å². The highest BCUT2D eigenvalue weighted by Gasteiger charge is 2.43. The number of rotatable bonds is 7. The Kier molecular flexibility index (Phi) is 6.57. The fourth-order valence-corrected chi connectivity index (χ4v) is 3.70.